The number of carbonyl (C=O) groups excluding carboxylic acids is 1. The van der Waals surface area contributed by atoms with Crippen molar-refractivity contribution in [3.05, 3.63) is 0 Å². The zero-order valence-corrected chi connectivity index (χ0v) is 42.0. The first-order valence-electron chi connectivity index (χ1n) is 20.6. The van der Waals surface area contributed by atoms with E-state index >= 15 is 0 Å². The molecule has 10 nitrogen and oxygen atoms in total. The molecular formula is C38H74Cl2O10Si4. The molecule has 0 amide bonds. The molecule has 5 aliphatic rings. The number of fused-ring (bicyclic) bond motifs is 3. The number of hydrogen-bond donors (Lipinski definition) is 0. The van der Waals surface area contributed by atoms with E-state index in [1.807, 2.05) is 13.8 Å². The summed E-state index contributed by atoms with van der Waals surface area (Å²) >= 11 is 13.2. The lowest BCUT2D eigenvalue weighted by molar-refractivity contribution is -0.112. The largest absolute Gasteiger partial charge is 0.414 e. The second kappa shape index (κ2) is 17.0. The van der Waals surface area contributed by atoms with Crippen LogP contribution in [0.15, 0.2) is 0 Å². The number of aldehydes is 1. The highest BCUT2D eigenvalue weighted by Gasteiger charge is 2.75. The Hall–Kier alpha value is 0.758. The summed E-state index contributed by atoms with van der Waals surface area (Å²) in [6.07, 6.45) is -1.10. The van der Waals surface area contributed by atoms with E-state index in [-0.39, 0.29) is 63.2 Å². The van der Waals surface area contributed by atoms with Gasteiger partial charge in [0.25, 0.3) is 0 Å². The van der Waals surface area contributed by atoms with E-state index in [2.05, 4.69) is 111 Å². The quantitative estimate of drug-likeness (QED) is 0.0963. The molecule has 9 atom stereocenters. The van der Waals surface area contributed by atoms with Gasteiger partial charge in [0.1, 0.15) is 30.7 Å². The Morgan fingerprint density at radius 1 is 0.556 bits per heavy atom. The van der Waals surface area contributed by atoms with E-state index in [4.69, 9.17) is 63.3 Å². The van der Waals surface area contributed by atoms with Crippen molar-refractivity contribution < 1.29 is 44.9 Å². The van der Waals surface area contributed by atoms with Crippen LogP contribution in [0.25, 0.3) is 0 Å². The molecule has 5 rings (SSSR count). The van der Waals surface area contributed by atoms with Crippen molar-refractivity contribution >= 4 is 63.7 Å². The lowest BCUT2D eigenvalue weighted by atomic mass is 9.98. The summed E-state index contributed by atoms with van der Waals surface area (Å²) in [5, 5.41) is 0. The van der Waals surface area contributed by atoms with E-state index in [1.54, 1.807) is 0 Å². The van der Waals surface area contributed by atoms with Crippen LogP contribution in [0.1, 0.15) is 125 Å². The molecule has 0 aromatic carbocycles. The predicted octanol–water partition coefficient (Wildman–Crippen LogP) is 9.97. The average Bonchev–Trinajstić information content (AvgIpc) is 3.59. The number of hydrogen-bond acceptors (Lipinski definition) is 10. The number of epoxide rings is 1. The molecule has 54 heavy (non-hydrogen) atoms. The molecule has 0 aromatic rings. The summed E-state index contributed by atoms with van der Waals surface area (Å²) in [7, 11) is -10.6. The van der Waals surface area contributed by atoms with Gasteiger partial charge < -0.3 is 44.9 Å². The highest BCUT2D eigenvalue weighted by Crippen LogP contribution is 2.57. The Labute approximate surface area is 342 Å². The number of ether oxygens (including phenoxy) is 3. The monoisotopic (exact) mass is 872 g/mol. The lowest BCUT2D eigenvalue weighted by Gasteiger charge is -2.51. The first-order chi connectivity index (χ1) is 24.8. The molecule has 0 aliphatic carbocycles. The molecule has 316 valence electrons. The van der Waals surface area contributed by atoms with Gasteiger partial charge in [-0.3, -0.25) is 0 Å². The van der Waals surface area contributed by atoms with Crippen molar-refractivity contribution in [3.63, 3.8) is 0 Å². The van der Waals surface area contributed by atoms with Crippen LogP contribution in [-0.2, 0) is 44.9 Å². The Morgan fingerprint density at radius 3 is 1.19 bits per heavy atom. The Bertz CT molecular complexity index is 1260. The van der Waals surface area contributed by atoms with E-state index in [1.165, 1.54) is 0 Å². The minimum atomic E-state index is -2.79. The van der Waals surface area contributed by atoms with E-state index < -0.39 is 56.9 Å². The van der Waals surface area contributed by atoms with Crippen LogP contribution in [0.5, 0.6) is 0 Å². The standard InChI is InChI=1S/2C19H37ClO5Si2/c1-11(2)26(12(3)4)21-10-16-17(19(15(9)22-16)18(20)23-19)24-27(25-26,13(5)6)14(7)8;1-12(2)26(13(3)4)22-10-17-18(19(20,11-21)16(9)23-17)24-27(25-26,14(5)6)15(7)8/h2*11-18H,10H2,1-9H3/t15-,16+,17-,18?,19+;16-,17+,18-,19?/m00/s1. The van der Waals surface area contributed by atoms with Gasteiger partial charge in [0.05, 0.1) is 25.4 Å². The fourth-order valence-corrected chi connectivity index (χ4v) is 32.8. The molecule has 0 bridgehead atoms. The fourth-order valence-electron chi connectivity index (χ4n) is 9.54. The summed E-state index contributed by atoms with van der Waals surface area (Å²) in [5.41, 5.74) is 1.19. The molecule has 1 spiro atoms. The highest BCUT2D eigenvalue weighted by molar-refractivity contribution is 6.84. The molecule has 5 fully saturated rings. The van der Waals surface area contributed by atoms with Crippen molar-refractivity contribution in [1.29, 1.82) is 0 Å². The SMILES string of the molecule is CC(C)[Si]1(C(C)C)OC[C@H]2O[C@@H](C)C(Cl)(C=O)[C@H]2O[Si](C(C)C)(C(C)C)O1.CC(C)[Si]1(C(C)C)OC[C@H]2O[C@@H](C)[C@@]3(OC3Cl)[C@H]2O[Si](C(C)C)(C(C)C)O1. The van der Waals surface area contributed by atoms with Crippen LogP contribution in [0.3, 0.4) is 0 Å². The van der Waals surface area contributed by atoms with Gasteiger partial charge >= 0.3 is 34.2 Å². The maximum atomic E-state index is 11.9. The minimum Gasteiger partial charge on any atom is -0.414 e. The number of alkyl halides is 2. The highest BCUT2D eigenvalue weighted by atomic mass is 35.5. The molecule has 5 heterocycles. The zero-order chi connectivity index (χ0) is 41.1. The number of rotatable bonds is 9. The van der Waals surface area contributed by atoms with Crippen molar-refractivity contribution in [1.82, 2.24) is 0 Å². The molecule has 5 aliphatic heterocycles. The van der Waals surface area contributed by atoms with Crippen LogP contribution in [-0.4, -0.2) is 106 Å². The Balaban J connectivity index is 0.000000241. The van der Waals surface area contributed by atoms with E-state index in [0.29, 0.717) is 24.3 Å². The van der Waals surface area contributed by atoms with Gasteiger partial charge in [0, 0.05) is 0 Å². The normalized spacial score (nSPS) is 38.4. The first-order valence-corrected chi connectivity index (χ1v) is 29.3. The molecule has 0 radical (unpaired) electrons. The van der Waals surface area contributed by atoms with Crippen molar-refractivity contribution in [2.24, 2.45) is 0 Å². The van der Waals surface area contributed by atoms with Gasteiger partial charge in [0.15, 0.2) is 16.0 Å². The molecule has 16 heteroatoms. The maximum absolute atomic E-state index is 11.9. The van der Waals surface area contributed by atoms with Crippen molar-refractivity contribution in [2.45, 2.75) is 222 Å². The van der Waals surface area contributed by atoms with Gasteiger partial charge in [-0.25, -0.2) is 0 Å². The van der Waals surface area contributed by atoms with Gasteiger partial charge in [0.2, 0.25) is 0 Å². The summed E-state index contributed by atoms with van der Waals surface area (Å²) in [6, 6.07) is 0. The second-order valence-electron chi connectivity index (χ2n) is 18.9. The Kier molecular flexibility index (Phi) is 15.0. The van der Waals surface area contributed by atoms with Gasteiger partial charge in [-0.1, -0.05) is 122 Å². The summed E-state index contributed by atoms with van der Waals surface area (Å²) < 4.78 is 59.8. The van der Waals surface area contributed by atoms with Gasteiger partial charge in [-0.05, 0) is 58.2 Å². The third-order valence-corrected chi connectivity index (χ3v) is 34.5. The van der Waals surface area contributed by atoms with Crippen LogP contribution in [0, 0.1) is 0 Å². The van der Waals surface area contributed by atoms with E-state index in [9.17, 15) is 4.79 Å². The minimum absolute atomic E-state index is 0.114. The predicted molar refractivity (Wildman–Crippen MR) is 224 cm³/mol. The smallest absolute Gasteiger partial charge is 0.335 e. The third-order valence-electron chi connectivity index (χ3n) is 13.0. The molecule has 0 aromatic heterocycles. The zero-order valence-electron chi connectivity index (χ0n) is 36.5. The molecule has 0 N–H and O–H groups in total. The molecule has 0 saturated carbocycles. The van der Waals surface area contributed by atoms with E-state index in [0.717, 1.165) is 6.29 Å². The van der Waals surface area contributed by atoms with Crippen LogP contribution in [0.4, 0.5) is 0 Å². The van der Waals surface area contributed by atoms with Crippen molar-refractivity contribution in [2.75, 3.05) is 13.2 Å². The van der Waals surface area contributed by atoms with Gasteiger partial charge in [-0.2, -0.15) is 0 Å². The summed E-state index contributed by atoms with van der Waals surface area (Å²) in [4.78, 5) is 10.7. The number of halogens is 2. The summed E-state index contributed by atoms with van der Waals surface area (Å²) in [6.45, 7) is 39.8. The van der Waals surface area contributed by atoms with Crippen LogP contribution >= 0.6 is 23.2 Å². The fraction of sp³-hybridized carbons (Fsp3) is 0.974. The van der Waals surface area contributed by atoms with Crippen LogP contribution < -0.4 is 0 Å². The average molecular weight is 874 g/mol. The molecular weight excluding hydrogens is 800 g/mol. The molecule has 2 unspecified atom stereocenters. The van der Waals surface area contributed by atoms with Crippen molar-refractivity contribution in [3.8, 4) is 0 Å². The summed E-state index contributed by atoms with van der Waals surface area (Å²) in [5.74, 6) is 0. The Morgan fingerprint density at radius 2 is 0.870 bits per heavy atom. The first kappa shape index (κ1) is 47.4. The lowest BCUT2D eigenvalue weighted by Crippen LogP contribution is -2.66. The molecule has 5 saturated heterocycles. The second-order valence-corrected chi connectivity index (χ2v) is 37.6. The third kappa shape index (κ3) is 7.78. The number of carbonyl (C=O) groups is 1. The maximum Gasteiger partial charge on any atom is 0.335 e. The topological polar surface area (TPSA) is 103 Å². The van der Waals surface area contributed by atoms with Crippen LogP contribution in [0.2, 0.25) is 44.3 Å². The van der Waals surface area contributed by atoms with Gasteiger partial charge in [-0.15, -0.1) is 11.6 Å².